The lowest BCUT2D eigenvalue weighted by atomic mass is 9.82. The molecule has 4 aromatic rings. The summed E-state index contributed by atoms with van der Waals surface area (Å²) in [5.74, 6) is 0.505. The molecule has 0 amide bonds. The number of methoxy groups -OCH3 is 1. The maximum atomic E-state index is 14.5. The first-order valence-corrected chi connectivity index (χ1v) is 13.1. The van der Waals surface area contributed by atoms with E-state index in [1.54, 1.807) is 29.1 Å². The third kappa shape index (κ3) is 5.23. The Morgan fingerprint density at radius 2 is 2.03 bits per heavy atom. The fourth-order valence-electron chi connectivity index (χ4n) is 4.82. The van der Waals surface area contributed by atoms with Crippen LogP contribution in [0.5, 0.6) is 0 Å². The Balaban J connectivity index is 1.67. The Morgan fingerprint density at radius 3 is 2.74 bits per heavy atom. The molecular weight excluding hydrogens is 497 g/mol. The van der Waals surface area contributed by atoms with E-state index in [2.05, 4.69) is 10.3 Å². The number of pyridine rings is 1. The van der Waals surface area contributed by atoms with Gasteiger partial charge < -0.3 is 15.5 Å². The number of unbranched alkanes of at least 4 members (excludes halogenated alkanes) is 1. The van der Waals surface area contributed by atoms with Crippen LogP contribution in [0.4, 0.5) is 10.2 Å². The van der Waals surface area contributed by atoms with Gasteiger partial charge in [0.15, 0.2) is 11.5 Å². The Labute approximate surface area is 226 Å². The van der Waals surface area contributed by atoms with E-state index in [9.17, 15) is 9.18 Å². The van der Waals surface area contributed by atoms with Crippen LogP contribution in [0.2, 0.25) is 0 Å². The van der Waals surface area contributed by atoms with Gasteiger partial charge in [0.25, 0.3) is 0 Å². The first kappa shape index (κ1) is 26.4. The summed E-state index contributed by atoms with van der Waals surface area (Å²) in [4.78, 5) is 27.4. The van der Waals surface area contributed by atoms with Gasteiger partial charge in [0.05, 0.1) is 30.1 Å². The van der Waals surface area contributed by atoms with E-state index in [4.69, 9.17) is 25.2 Å². The molecule has 1 fully saturated rings. The minimum Gasteiger partial charge on any atom is -0.468 e. The Kier molecular flexibility index (Phi) is 7.36. The zero-order valence-corrected chi connectivity index (χ0v) is 22.4. The molecule has 0 aliphatic heterocycles. The zero-order valence-electron chi connectivity index (χ0n) is 22.4. The minimum atomic E-state index is -0.983. The summed E-state index contributed by atoms with van der Waals surface area (Å²) in [7, 11) is 1.38. The highest BCUT2D eigenvalue weighted by Gasteiger charge is 2.41. The highest BCUT2D eigenvalue weighted by molar-refractivity contribution is 5.90. The summed E-state index contributed by atoms with van der Waals surface area (Å²) in [6, 6.07) is 10.3. The number of halogens is 1. The van der Waals surface area contributed by atoms with Crippen molar-refractivity contribution < 1.29 is 13.9 Å². The van der Waals surface area contributed by atoms with Crippen LogP contribution in [0.25, 0.3) is 22.6 Å². The Morgan fingerprint density at radius 1 is 1.23 bits per heavy atom. The third-order valence-electron chi connectivity index (χ3n) is 7.04. The molecule has 0 bridgehead atoms. The van der Waals surface area contributed by atoms with Crippen molar-refractivity contribution in [2.45, 2.75) is 57.4 Å². The van der Waals surface area contributed by atoms with Crippen LogP contribution in [0.1, 0.15) is 62.3 Å². The van der Waals surface area contributed by atoms with Crippen LogP contribution in [-0.2, 0) is 21.5 Å². The van der Waals surface area contributed by atoms with Crippen LogP contribution in [0.3, 0.4) is 0 Å². The van der Waals surface area contributed by atoms with Crippen molar-refractivity contribution in [1.29, 1.82) is 5.41 Å². The monoisotopic (exact) mass is 529 g/mol. The summed E-state index contributed by atoms with van der Waals surface area (Å²) >= 11 is 0. The van der Waals surface area contributed by atoms with Gasteiger partial charge in [0, 0.05) is 29.8 Å². The number of carbonyl (C=O) groups excluding carboxylic acids is 1. The molecule has 9 nitrogen and oxygen atoms in total. The Bertz CT molecular complexity index is 1530. The van der Waals surface area contributed by atoms with Crippen LogP contribution in [0, 0.1) is 11.2 Å². The number of hydrogen-bond donors (Lipinski definition) is 2. The molecule has 0 unspecified atom stereocenters. The quantitative estimate of drug-likeness (QED) is 0.155. The van der Waals surface area contributed by atoms with Crippen LogP contribution in [0.15, 0.2) is 42.6 Å². The molecule has 39 heavy (non-hydrogen) atoms. The second-order valence-electron chi connectivity index (χ2n) is 10.3. The molecule has 1 saturated carbocycles. The molecule has 2 N–H and O–H groups in total. The predicted molar refractivity (Wildman–Crippen MR) is 148 cm³/mol. The molecule has 202 valence electrons. The predicted octanol–water partition coefficient (Wildman–Crippen LogP) is 5.25. The maximum Gasteiger partial charge on any atom is 0.315 e. The van der Waals surface area contributed by atoms with Crippen molar-refractivity contribution in [3.63, 3.8) is 0 Å². The van der Waals surface area contributed by atoms with E-state index in [0.29, 0.717) is 41.5 Å². The van der Waals surface area contributed by atoms with Crippen molar-refractivity contribution >= 4 is 29.0 Å². The SMILES string of the molecule is COC(=O)C(C)(C)c1c(NCCCC=N)nc(-c2nn(Cc3ccccc3F)c3ncccc23)nc1C1CC1. The summed E-state index contributed by atoms with van der Waals surface area (Å²) in [5.41, 5.74) is 2.20. The number of fused-ring (bicyclic) bond motifs is 1. The largest absolute Gasteiger partial charge is 0.468 e. The van der Waals surface area contributed by atoms with E-state index >= 15 is 0 Å². The van der Waals surface area contributed by atoms with Crippen LogP contribution >= 0.6 is 0 Å². The van der Waals surface area contributed by atoms with Gasteiger partial charge in [-0.3, -0.25) is 4.79 Å². The van der Waals surface area contributed by atoms with E-state index < -0.39 is 5.41 Å². The average molecular weight is 530 g/mol. The molecule has 5 rings (SSSR count). The number of nitrogens with zero attached hydrogens (tertiary/aromatic N) is 5. The topological polar surface area (TPSA) is 119 Å². The fourth-order valence-corrected chi connectivity index (χ4v) is 4.82. The molecule has 0 saturated heterocycles. The third-order valence-corrected chi connectivity index (χ3v) is 7.04. The molecule has 0 spiro atoms. The molecule has 1 aliphatic carbocycles. The normalized spacial score (nSPS) is 13.4. The Hall–Kier alpha value is -4.21. The summed E-state index contributed by atoms with van der Waals surface area (Å²) in [6.07, 6.45) is 6.37. The number of aromatic nitrogens is 5. The molecular formula is C29H32FN7O2. The number of ether oxygens (including phenoxy) is 1. The number of carbonyl (C=O) groups is 1. The van der Waals surface area contributed by atoms with Gasteiger partial charge in [-0.25, -0.2) is 24.0 Å². The number of nitrogens with one attached hydrogen (secondary N) is 2. The first-order chi connectivity index (χ1) is 18.8. The first-order valence-electron chi connectivity index (χ1n) is 13.1. The molecule has 1 aromatic carbocycles. The van der Waals surface area contributed by atoms with Gasteiger partial charge in [-0.1, -0.05) is 18.2 Å². The van der Waals surface area contributed by atoms with Gasteiger partial charge in [-0.05, 0) is 63.9 Å². The van der Waals surface area contributed by atoms with E-state index in [1.165, 1.54) is 19.4 Å². The van der Waals surface area contributed by atoms with Crippen LogP contribution in [-0.4, -0.2) is 50.6 Å². The number of hydrogen-bond acceptors (Lipinski definition) is 8. The number of anilines is 1. The summed E-state index contributed by atoms with van der Waals surface area (Å²) in [5, 5.41) is 16.3. The number of benzene rings is 1. The zero-order chi connectivity index (χ0) is 27.6. The number of rotatable bonds is 11. The minimum absolute atomic E-state index is 0.206. The van der Waals surface area contributed by atoms with Crippen molar-refractivity contribution in [1.82, 2.24) is 24.7 Å². The van der Waals surface area contributed by atoms with Gasteiger partial charge in [-0.15, -0.1) is 0 Å². The highest BCUT2D eigenvalue weighted by atomic mass is 19.1. The summed E-state index contributed by atoms with van der Waals surface area (Å²) < 4.78 is 21.3. The van der Waals surface area contributed by atoms with E-state index in [0.717, 1.165) is 35.9 Å². The van der Waals surface area contributed by atoms with E-state index in [-0.39, 0.29) is 24.2 Å². The smallest absolute Gasteiger partial charge is 0.315 e. The van der Waals surface area contributed by atoms with E-state index in [1.807, 2.05) is 26.0 Å². The molecule has 10 heteroatoms. The molecule has 1 aliphatic rings. The number of esters is 1. The van der Waals surface area contributed by atoms with Gasteiger partial charge in [0.2, 0.25) is 0 Å². The van der Waals surface area contributed by atoms with Crippen molar-refractivity contribution in [3.05, 3.63) is 65.2 Å². The van der Waals surface area contributed by atoms with Crippen molar-refractivity contribution in [2.75, 3.05) is 19.0 Å². The van der Waals surface area contributed by atoms with Gasteiger partial charge >= 0.3 is 5.97 Å². The van der Waals surface area contributed by atoms with Gasteiger partial charge in [-0.2, -0.15) is 5.10 Å². The lowest BCUT2D eigenvalue weighted by Crippen LogP contribution is -2.33. The molecule has 0 radical (unpaired) electrons. The highest BCUT2D eigenvalue weighted by Crippen LogP contribution is 2.46. The second kappa shape index (κ2) is 10.9. The van der Waals surface area contributed by atoms with Crippen molar-refractivity contribution in [3.8, 4) is 11.5 Å². The van der Waals surface area contributed by atoms with Crippen LogP contribution < -0.4 is 5.32 Å². The fraction of sp³-hybridized carbons (Fsp3) is 0.379. The average Bonchev–Trinajstić information content (AvgIpc) is 3.73. The molecule has 3 aromatic heterocycles. The summed E-state index contributed by atoms with van der Waals surface area (Å²) in [6.45, 7) is 4.44. The molecule has 0 atom stereocenters. The van der Waals surface area contributed by atoms with Crippen molar-refractivity contribution in [2.24, 2.45) is 0 Å². The lowest BCUT2D eigenvalue weighted by molar-refractivity contribution is -0.146. The second-order valence-corrected chi connectivity index (χ2v) is 10.3. The lowest BCUT2D eigenvalue weighted by Gasteiger charge is -2.27. The van der Waals surface area contributed by atoms with Gasteiger partial charge in [0.1, 0.15) is 17.3 Å². The molecule has 3 heterocycles. The standard InChI is InChI=1S/C29H32FN7O2/c1-29(2,28(38)39-3)22-23(18-12-13-18)34-26(35-25(22)32-15-7-6-14-31)24-20-10-8-16-33-27(20)37(36-24)17-19-9-4-5-11-21(19)30/h4-5,8-11,14,16,18,31H,6-7,12-13,15,17H2,1-3H3,(H,32,34,35). The maximum absolute atomic E-state index is 14.5.